The number of ketones is 1. The molecule has 0 saturated heterocycles. The van der Waals surface area contributed by atoms with Crippen molar-refractivity contribution in [1.82, 2.24) is 4.98 Å². The fraction of sp³-hybridized carbons (Fsp3) is 0.450. The first-order chi connectivity index (χ1) is 12.7. The van der Waals surface area contributed by atoms with E-state index in [0.29, 0.717) is 17.5 Å². The molecule has 0 amide bonds. The Kier molecular flexibility index (Phi) is 4.96. The van der Waals surface area contributed by atoms with Gasteiger partial charge in [0.05, 0.1) is 0 Å². The fourth-order valence-corrected chi connectivity index (χ4v) is 3.92. The van der Waals surface area contributed by atoms with Gasteiger partial charge >= 0.3 is 6.18 Å². The van der Waals surface area contributed by atoms with Crippen molar-refractivity contribution >= 4 is 16.6 Å². The number of nitriles is 1. The van der Waals surface area contributed by atoms with E-state index in [4.69, 9.17) is 5.26 Å². The molecular formula is C20H19F3N2O2. The zero-order valence-electron chi connectivity index (χ0n) is 14.8. The second kappa shape index (κ2) is 6.93. The van der Waals surface area contributed by atoms with E-state index in [1.807, 2.05) is 12.1 Å². The summed E-state index contributed by atoms with van der Waals surface area (Å²) in [5, 5.41) is 20.5. The Morgan fingerprint density at radius 1 is 1.44 bits per heavy atom. The van der Waals surface area contributed by atoms with Crippen LogP contribution in [0.1, 0.15) is 37.4 Å². The van der Waals surface area contributed by atoms with Gasteiger partial charge < -0.3 is 9.90 Å². The van der Waals surface area contributed by atoms with Crippen molar-refractivity contribution in [2.75, 3.05) is 0 Å². The van der Waals surface area contributed by atoms with E-state index in [2.05, 4.69) is 4.98 Å². The Bertz CT molecular complexity index is 920. The molecule has 27 heavy (non-hydrogen) atoms. The maximum absolute atomic E-state index is 13.1. The molecule has 0 spiro atoms. The lowest BCUT2D eigenvalue weighted by Gasteiger charge is -2.26. The highest BCUT2D eigenvalue weighted by atomic mass is 19.4. The molecule has 1 saturated carbocycles. The van der Waals surface area contributed by atoms with Gasteiger partial charge in [-0.25, -0.2) is 4.98 Å². The van der Waals surface area contributed by atoms with E-state index in [1.54, 1.807) is 18.2 Å². The number of rotatable bonds is 6. The van der Waals surface area contributed by atoms with Crippen LogP contribution in [0.3, 0.4) is 0 Å². The summed E-state index contributed by atoms with van der Waals surface area (Å²) in [5.41, 5.74) is -0.162. The minimum Gasteiger partial charge on any atom is -0.383 e. The highest BCUT2D eigenvalue weighted by Crippen LogP contribution is 2.62. The Morgan fingerprint density at radius 3 is 2.81 bits per heavy atom. The lowest BCUT2D eigenvalue weighted by Crippen LogP contribution is -2.39. The number of fused-ring (bicyclic) bond motifs is 1. The summed E-state index contributed by atoms with van der Waals surface area (Å²) >= 11 is 0. The number of nitrogens with zero attached hydrogens (tertiary/aromatic N) is 2. The molecule has 1 aliphatic carbocycles. The number of hydrogen-bond acceptors (Lipinski definition) is 4. The molecule has 0 bridgehead atoms. The SMILES string of the molecule is CC(=O)CC[C@]1([C@H](O)C(F)(F)F)CC1Cc1ccc2c(C#N)nccc2c1. The predicted molar refractivity (Wildman–Crippen MR) is 92.7 cm³/mol. The van der Waals surface area contributed by atoms with Crippen molar-refractivity contribution in [3.63, 3.8) is 0 Å². The summed E-state index contributed by atoms with van der Waals surface area (Å²) in [6.07, 6.45) is -4.94. The Labute approximate surface area is 154 Å². The van der Waals surface area contributed by atoms with Gasteiger partial charge in [-0.3, -0.25) is 0 Å². The van der Waals surface area contributed by atoms with E-state index in [9.17, 15) is 23.1 Å². The molecule has 3 rings (SSSR count). The van der Waals surface area contributed by atoms with Crippen molar-refractivity contribution in [1.29, 1.82) is 5.26 Å². The normalized spacial score (nSPS) is 23.0. The van der Waals surface area contributed by atoms with Crippen LogP contribution in [-0.4, -0.2) is 28.2 Å². The maximum Gasteiger partial charge on any atom is 0.414 e. The molecule has 1 aromatic carbocycles. The first-order valence-electron chi connectivity index (χ1n) is 8.69. The first kappa shape index (κ1) is 19.3. The minimum atomic E-state index is -4.71. The summed E-state index contributed by atoms with van der Waals surface area (Å²) in [5.74, 6) is -0.528. The highest BCUT2D eigenvalue weighted by molar-refractivity contribution is 5.86. The van der Waals surface area contributed by atoms with Gasteiger partial charge in [-0.2, -0.15) is 18.4 Å². The standard InChI is InChI=1S/C20H19F3N2O2/c1-12(26)4-6-19(18(27)20(21,22)23)10-15(19)9-13-2-3-16-14(8-13)5-7-25-17(16)11-24/h2-3,5,7-8,15,18,27H,4,6,9-10H2,1H3/t15?,18-,19-/m0/s1. The molecule has 0 radical (unpaired) electrons. The molecule has 2 aromatic rings. The third kappa shape index (κ3) is 3.81. The molecule has 0 aliphatic heterocycles. The minimum absolute atomic E-state index is 0.0263. The number of carbonyl (C=O) groups excluding carboxylic acids is 1. The van der Waals surface area contributed by atoms with Crippen LogP contribution in [0.2, 0.25) is 0 Å². The van der Waals surface area contributed by atoms with Crippen molar-refractivity contribution in [3.8, 4) is 6.07 Å². The van der Waals surface area contributed by atoms with Gasteiger partial charge in [-0.15, -0.1) is 0 Å². The van der Waals surface area contributed by atoms with Gasteiger partial charge in [-0.1, -0.05) is 18.2 Å². The van der Waals surface area contributed by atoms with Crippen molar-refractivity contribution in [2.45, 2.75) is 44.9 Å². The van der Waals surface area contributed by atoms with Crippen LogP contribution in [0, 0.1) is 22.7 Å². The summed E-state index contributed by atoms with van der Waals surface area (Å²) in [6, 6.07) is 9.13. The van der Waals surface area contributed by atoms with Crippen LogP contribution in [0.15, 0.2) is 30.5 Å². The van der Waals surface area contributed by atoms with Gasteiger partial charge in [-0.05, 0) is 49.1 Å². The Hall–Kier alpha value is -2.46. The molecule has 142 valence electrons. The molecule has 1 unspecified atom stereocenters. The number of carbonyl (C=O) groups is 1. The number of Topliss-reactive ketones (excluding diaryl/α,β-unsaturated/α-hetero) is 1. The van der Waals surface area contributed by atoms with E-state index in [0.717, 1.165) is 10.9 Å². The van der Waals surface area contributed by atoms with Gasteiger partial charge in [0.1, 0.15) is 17.5 Å². The highest BCUT2D eigenvalue weighted by Gasteiger charge is 2.65. The van der Waals surface area contributed by atoms with Crippen LogP contribution < -0.4 is 0 Å². The summed E-state index contributed by atoms with van der Waals surface area (Å²) in [4.78, 5) is 15.3. The molecule has 1 fully saturated rings. The average molecular weight is 376 g/mol. The maximum atomic E-state index is 13.1. The second-order valence-corrected chi connectivity index (χ2v) is 7.31. The first-order valence-corrected chi connectivity index (χ1v) is 8.69. The summed E-state index contributed by atoms with van der Waals surface area (Å²) in [7, 11) is 0. The molecule has 4 nitrogen and oxygen atoms in total. The lowest BCUT2D eigenvalue weighted by atomic mass is 9.87. The van der Waals surface area contributed by atoms with E-state index in [1.165, 1.54) is 13.1 Å². The van der Waals surface area contributed by atoms with Crippen LogP contribution in [0.4, 0.5) is 13.2 Å². The van der Waals surface area contributed by atoms with Crippen LogP contribution in [0.25, 0.3) is 10.8 Å². The monoisotopic (exact) mass is 376 g/mol. The number of aromatic nitrogens is 1. The predicted octanol–water partition coefficient (Wildman–Crippen LogP) is 3.95. The van der Waals surface area contributed by atoms with Gasteiger partial charge in [0.25, 0.3) is 0 Å². The smallest absolute Gasteiger partial charge is 0.383 e. The van der Waals surface area contributed by atoms with Crippen molar-refractivity contribution < 1.29 is 23.1 Å². The number of aliphatic hydroxyl groups excluding tert-OH is 1. The number of alkyl halides is 3. The van der Waals surface area contributed by atoms with Crippen LogP contribution >= 0.6 is 0 Å². The molecule has 7 heteroatoms. The molecule has 1 aliphatic rings. The number of hydrogen-bond donors (Lipinski definition) is 1. The van der Waals surface area contributed by atoms with Crippen molar-refractivity contribution in [3.05, 3.63) is 41.7 Å². The van der Waals surface area contributed by atoms with Gasteiger partial charge in [0, 0.05) is 23.4 Å². The quantitative estimate of drug-likeness (QED) is 0.829. The molecule has 1 N–H and O–H groups in total. The largest absolute Gasteiger partial charge is 0.414 e. The number of halogens is 3. The zero-order valence-corrected chi connectivity index (χ0v) is 14.8. The summed E-state index contributed by atoms with van der Waals surface area (Å²) in [6.45, 7) is 1.34. The fourth-order valence-electron chi connectivity index (χ4n) is 3.92. The summed E-state index contributed by atoms with van der Waals surface area (Å²) < 4.78 is 39.4. The zero-order chi connectivity index (χ0) is 19.8. The van der Waals surface area contributed by atoms with Crippen molar-refractivity contribution in [2.24, 2.45) is 11.3 Å². The number of benzene rings is 1. The van der Waals surface area contributed by atoms with Gasteiger partial charge in [0.2, 0.25) is 0 Å². The third-order valence-electron chi connectivity index (χ3n) is 5.49. The molecule has 1 heterocycles. The molecular weight excluding hydrogens is 357 g/mol. The molecule has 1 aromatic heterocycles. The number of pyridine rings is 1. The second-order valence-electron chi connectivity index (χ2n) is 7.31. The average Bonchev–Trinajstić information content (AvgIpc) is 3.31. The van der Waals surface area contributed by atoms with Gasteiger partial charge in [0.15, 0.2) is 6.10 Å². The van der Waals surface area contributed by atoms with E-state index >= 15 is 0 Å². The topological polar surface area (TPSA) is 74.0 Å². The van der Waals surface area contributed by atoms with E-state index in [-0.39, 0.29) is 31.0 Å². The Morgan fingerprint density at radius 2 is 2.19 bits per heavy atom. The van der Waals surface area contributed by atoms with Crippen LogP contribution in [-0.2, 0) is 11.2 Å². The third-order valence-corrected chi connectivity index (χ3v) is 5.49. The Balaban J connectivity index is 1.83. The lowest BCUT2D eigenvalue weighted by molar-refractivity contribution is -0.227. The number of aliphatic hydroxyl groups is 1. The van der Waals surface area contributed by atoms with E-state index < -0.39 is 17.7 Å². The van der Waals surface area contributed by atoms with Crippen LogP contribution in [0.5, 0.6) is 0 Å². The molecule has 3 atom stereocenters.